The number of aromatic nitrogens is 2. The summed E-state index contributed by atoms with van der Waals surface area (Å²) in [6.07, 6.45) is 2.67. The molecule has 0 saturated carbocycles. The Labute approximate surface area is 126 Å². The first kappa shape index (κ1) is 13.9. The highest BCUT2D eigenvalue weighted by Gasteiger charge is 2.12. The Morgan fingerprint density at radius 3 is 2.62 bits per heavy atom. The van der Waals surface area contributed by atoms with Crippen molar-refractivity contribution in [3.63, 3.8) is 0 Å². The van der Waals surface area contributed by atoms with E-state index in [0.717, 1.165) is 5.52 Å². The van der Waals surface area contributed by atoms with Gasteiger partial charge >= 0.3 is 0 Å². The Hall–Kier alpha value is -2.04. The van der Waals surface area contributed by atoms with Gasteiger partial charge in [0.15, 0.2) is 0 Å². The van der Waals surface area contributed by atoms with Gasteiger partial charge in [0.1, 0.15) is 5.82 Å². The summed E-state index contributed by atoms with van der Waals surface area (Å²) in [7, 11) is 0. The first-order valence-corrected chi connectivity index (χ1v) is 6.84. The predicted molar refractivity (Wildman–Crippen MR) is 79.6 cm³/mol. The van der Waals surface area contributed by atoms with Gasteiger partial charge in [0.2, 0.25) is 0 Å². The summed E-state index contributed by atoms with van der Waals surface area (Å²) in [5.41, 5.74) is 2.74. The van der Waals surface area contributed by atoms with E-state index >= 15 is 0 Å². The molecule has 0 aliphatic carbocycles. The number of halogens is 2. The topological polar surface area (TPSA) is 46.0 Å². The number of benzene rings is 2. The standard InChI is InChI=1S/C16H12ClFN2O/c17-13-3-2-12(18)7-11(13)9-16(21)10-1-4-14-15(8-10)20-6-5-19-14/h1-8,16,21H,9H2. The normalized spacial score (nSPS) is 12.5. The summed E-state index contributed by atoms with van der Waals surface area (Å²) in [5, 5.41) is 10.8. The van der Waals surface area contributed by atoms with Crippen LogP contribution in [-0.4, -0.2) is 15.1 Å². The SMILES string of the molecule is OC(Cc1cc(F)ccc1Cl)c1ccc2nccnc2c1. The molecule has 5 heteroatoms. The average Bonchev–Trinajstić information content (AvgIpc) is 2.50. The van der Waals surface area contributed by atoms with Gasteiger partial charge in [-0.3, -0.25) is 9.97 Å². The van der Waals surface area contributed by atoms with Crippen LogP contribution >= 0.6 is 11.6 Å². The third kappa shape index (κ3) is 3.01. The smallest absolute Gasteiger partial charge is 0.123 e. The zero-order chi connectivity index (χ0) is 14.8. The van der Waals surface area contributed by atoms with E-state index in [1.54, 1.807) is 30.6 Å². The highest BCUT2D eigenvalue weighted by atomic mass is 35.5. The van der Waals surface area contributed by atoms with Crippen LogP contribution in [0.4, 0.5) is 4.39 Å². The molecular formula is C16H12ClFN2O. The van der Waals surface area contributed by atoms with Crippen LogP contribution in [-0.2, 0) is 6.42 Å². The molecule has 1 aromatic heterocycles. The van der Waals surface area contributed by atoms with Crippen molar-refractivity contribution in [3.05, 3.63) is 70.8 Å². The predicted octanol–water partition coefficient (Wildman–Crippen LogP) is 3.70. The quantitative estimate of drug-likeness (QED) is 0.802. The van der Waals surface area contributed by atoms with E-state index < -0.39 is 6.10 Å². The molecule has 1 atom stereocenters. The fourth-order valence-electron chi connectivity index (χ4n) is 2.21. The lowest BCUT2D eigenvalue weighted by atomic mass is 10.0. The number of hydrogen-bond acceptors (Lipinski definition) is 3. The second-order valence-corrected chi connectivity index (χ2v) is 5.17. The average molecular weight is 303 g/mol. The van der Waals surface area contributed by atoms with Gasteiger partial charge in [-0.2, -0.15) is 0 Å². The zero-order valence-electron chi connectivity index (χ0n) is 11.0. The van der Waals surface area contributed by atoms with E-state index in [4.69, 9.17) is 11.6 Å². The maximum absolute atomic E-state index is 13.2. The van der Waals surface area contributed by atoms with Crippen molar-refractivity contribution in [2.75, 3.05) is 0 Å². The lowest BCUT2D eigenvalue weighted by molar-refractivity contribution is 0.178. The molecule has 1 heterocycles. The van der Waals surface area contributed by atoms with Crippen LogP contribution in [0.5, 0.6) is 0 Å². The maximum atomic E-state index is 13.2. The monoisotopic (exact) mass is 302 g/mol. The van der Waals surface area contributed by atoms with Gasteiger partial charge in [-0.1, -0.05) is 17.7 Å². The Balaban J connectivity index is 1.89. The summed E-state index contributed by atoms with van der Waals surface area (Å²) in [6, 6.07) is 9.49. The molecule has 106 valence electrons. The van der Waals surface area contributed by atoms with Crippen LogP contribution in [0.25, 0.3) is 11.0 Å². The molecule has 0 spiro atoms. The van der Waals surface area contributed by atoms with Crippen molar-refractivity contribution in [1.82, 2.24) is 9.97 Å². The highest BCUT2D eigenvalue weighted by Crippen LogP contribution is 2.25. The molecule has 3 aromatic rings. The van der Waals surface area contributed by atoms with Crippen LogP contribution in [0.1, 0.15) is 17.2 Å². The molecule has 0 bridgehead atoms. The Morgan fingerprint density at radius 2 is 1.81 bits per heavy atom. The molecular weight excluding hydrogens is 291 g/mol. The van der Waals surface area contributed by atoms with Crippen LogP contribution in [0.2, 0.25) is 5.02 Å². The van der Waals surface area contributed by atoms with Gasteiger partial charge < -0.3 is 5.11 Å². The molecule has 1 unspecified atom stereocenters. The first-order chi connectivity index (χ1) is 10.1. The van der Waals surface area contributed by atoms with Crippen molar-refractivity contribution < 1.29 is 9.50 Å². The Morgan fingerprint density at radius 1 is 1.05 bits per heavy atom. The van der Waals surface area contributed by atoms with Crippen molar-refractivity contribution in [1.29, 1.82) is 0 Å². The molecule has 3 nitrogen and oxygen atoms in total. The van der Waals surface area contributed by atoms with E-state index in [2.05, 4.69) is 9.97 Å². The van der Waals surface area contributed by atoms with Crippen molar-refractivity contribution in [3.8, 4) is 0 Å². The zero-order valence-corrected chi connectivity index (χ0v) is 11.8. The second kappa shape index (κ2) is 5.76. The lowest BCUT2D eigenvalue weighted by Gasteiger charge is -2.13. The molecule has 21 heavy (non-hydrogen) atoms. The molecule has 0 saturated heterocycles. The van der Waals surface area contributed by atoms with E-state index in [1.165, 1.54) is 18.2 Å². The van der Waals surface area contributed by atoms with Crippen molar-refractivity contribution in [2.45, 2.75) is 12.5 Å². The van der Waals surface area contributed by atoms with Crippen molar-refractivity contribution >= 4 is 22.6 Å². The third-order valence-corrected chi connectivity index (χ3v) is 3.67. The van der Waals surface area contributed by atoms with E-state index in [-0.39, 0.29) is 12.2 Å². The van der Waals surface area contributed by atoms with Crippen LogP contribution in [0.3, 0.4) is 0 Å². The highest BCUT2D eigenvalue weighted by molar-refractivity contribution is 6.31. The van der Waals surface area contributed by atoms with Gasteiger partial charge in [-0.15, -0.1) is 0 Å². The summed E-state index contributed by atoms with van der Waals surface area (Å²) in [4.78, 5) is 8.38. The molecule has 0 aliphatic heterocycles. The molecule has 0 aliphatic rings. The fraction of sp³-hybridized carbons (Fsp3) is 0.125. The molecule has 3 rings (SSSR count). The Kier molecular flexibility index (Phi) is 3.82. The van der Waals surface area contributed by atoms with Crippen LogP contribution in [0.15, 0.2) is 48.8 Å². The van der Waals surface area contributed by atoms with E-state index in [9.17, 15) is 9.50 Å². The number of hydrogen-bond donors (Lipinski definition) is 1. The second-order valence-electron chi connectivity index (χ2n) is 4.76. The van der Waals surface area contributed by atoms with Gasteiger partial charge in [-0.05, 0) is 41.5 Å². The van der Waals surface area contributed by atoms with Gasteiger partial charge in [0.05, 0.1) is 17.1 Å². The van der Waals surface area contributed by atoms with Gasteiger partial charge in [0, 0.05) is 23.8 Å². The van der Waals surface area contributed by atoms with Crippen LogP contribution in [0, 0.1) is 5.82 Å². The molecule has 1 N–H and O–H groups in total. The number of nitrogens with zero attached hydrogens (tertiary/aromatic N) is 2. The minimum absolute atomic E-state index is 0.238. The molecule has 0 fully saturated rings. The summed E-state index contributed by atoms with van der Waals surface area (Å²) in [6.45, 7) is 0. The Bertz CT molecular complexity index is 794. The maximum Gasteiger partial charge on any atom is 0.123 e. The molecule has 2 aromatic carbocycles. The fourth-order valence-corrected chi connectivity index (χ4v) is 2.41. The molecule has 0 amide bonds. The van der Waals surface area contributed by atoms with E-state index in [0.29, 0.717) is 21.7 Å². The molecule has 0 radical (unpaired) electrons. The summed E-state index contributed by atoms with van der Waals surface area (Å²) in [5.74, 6) is -0.369. The number of aliphatic hydroxyl groups is 1. The van der Waals surface area contributed by atoms with Gasteiger partial charge in [0.25, 0.3) is 0 Å². The summed E-state index contributed by atoms with van der Waals surface area (Å²) < 4.78 is 13.2. The number of fused-ring (bicyclic) bond motifs is 1. The third-order valence-electron chi connectivity index (χ3n) is 3.30. The number of rotatable bonds is 3. The van der Waals surface area contributed by atoms with Gasteiger partial charge in [-0.25, -0.2) is 4.39 Å². The minimum Gasteiger partial charge on any atom is -0.388 e. The lowest BCUT2D eigenvalue weighted by Crippen LogP contribution is -2.03. The minimum atomic E-state index is -0.782. The van der Waals surface area contributed by atoms with Crippen LogP contribution < -0.4 is 0 Å². The largest absolute Gasteiger partial charge is 0.388 e. The first-order valence-electron chi connectivity index (χ1n) is 6.46. The van der Waals surface area contributed by atoms with Crippen molar-refractivity contribution in [2.24, 2.45) is 0 Å². The van der Waals surface area contributed by atoms with E-state index in [1.807, 2.05) is 0 Å². The number of aliphatic hydroxyl groups excluding tert-OH is 1. The summed E-state index contributed by atoms with van der Waals surface area (Å²) >= 11 is 6.02.